The smallest absolute Gasteiger partial charge is 0.324 e. The number of hydrogen-bond donors (Lipinski definition) is 2. The lowest BCUT2D eigenvalue weighted by Gasteiger charge is -2.27. The molecule has 1 aliphatic heterocycles. The fraction of sp³-hybridized carbons (Fsp3) is 0.125. The van der Waals surface area contributed by atoms with Gasteiger partial charge in [-0.15, -0.1) is 0 Å². The summed E-state index contributed by atoms with van der Waals surface area (Å²) < 4.78 is 26.5. The number of benzene rings is 3. The fourth-order valence-electron chi connectivity index (χ4n) is 3.73. The maximum absolute atomic E-state index is 13.5. The van der Waals surface area contributed by atoms with Gasteiger partial charge in [-0.2, -0.15) is 0 Å². The van der Waals surface area contributed by atoms with Crippen LogP contribution in [0.5, 0.6) is 0 Å². The van der Waals surface area contributed by atoms with Gasteiger partial charge in [-0.3, -0.25) is 14.5 Å². The fourth-order valence-corrected chi connectivity index (χ4v) is 3.73. The lowest BCUT2D eigenvalue weighted by atomic mass is 9.83. The second kappa shape index (κ2) is 8.58. The van der Waals surface area contributed by atoms with E-state index in [0.717, 1.165) is 22.6 Å². The summed E-state index contributed by atoms with van der Waals surface area (Å²) in [5.41, 5.74) is 0.0606. The van der Waals surface area contributed by atoms with Gasteiger partial charge in [0, 0.05) is 18.2 Å². The molecular weight excluding hydrogens is 416 g/mol. The summed E-state index contributed by atoms with van der Waals surface area (Å²) in [7, 11) is 0. The molecule has 3 aromatic rings. The second-order valence-corrected chi connectivity index (χ2v) is 7.43. The van der Waals surface area contributed by atoms with Gasteiger partial charge in [0.1, 0.15) is 6.54 Å². The minimum absolute atomic E-state index is 0.0135. The van der Waals surface area contributed by atoms with Crippen molar-refractivity contribution in [2.45, 2.75) is 12.0 Å². The first kappa shape index (κ1) is 21.2. The molecule has 4 amide bonds. The number of anilines is 1. The quantitative estimate of drug-likeness (QED) is 0.581. The Kier molecular flexibility index (Phi) is 5.68. The number of carbonyl (C=O) groups excluding carboxylic acids is 3. The van der Waals surface area contributed by atoms with E-state index in [1.165, 1.54) is 6.07 Å². The molecular formula is C24H19F2N3O3. The predicted molar refractivity (Wildman–Crippen MR) is 113 cm³/mol. The zero-order chi connectivity index (χ0) is 22.7. The van der Waals surface area contributed by atoms with Gasteiger partial charge in [-0.05, 0) is 23.3 Å². The van der Waals surface area contributed by atoms with Crippen LogP contribution in [0, 0.1) is 11.6 Å². The third-order valence-electron chi connectivity index (χ3n) is 5.26. The number of hydrogen-bond acceptors (Lipinski definition) is 3. The van der Waals surface area contributed by atoms with Gasteiger partial charge in [-0.1, -0.05) is 60.7 Å². The van der Waals surface area contributed by atoms with Crippen molar-refractivity contribution in [2.75, 3.05) is 11.9 Å². The molecule has 32 heavy (non-hydrogen) atoms. The van der Waals surface area contributed by atoms with Crippen molar-refractivity contribution in [1.82, 2.24) is 10.2 Å². The van der Waals surface area contributed by atoms with Crippen molar-refractivity contribution in [3.05, 3.63) is 102 Å². The molecule has 2 N–H and O–H groups in total. The minimum Gasteiger partial charge on any atom is -0.324 e. The van der Waals surface area contributed by atoms with E-state index in [1.807, 2.05) is 30.3 Å². The van der Waals surface area contributed by atoms with Gasteiger partial charge in [0.15, 0.2) is 17.2 Å². The molecule has 0 bridgehead atoms. The molecule has 3 aromatic carbocycles. The number of urea groups is 1. The molecule has 1 aliphatic rings. The van der Waals surface area contributed by atoms with E-state index in [-0.39, 0.29) is 12.1 Å². The highest BCUT2D eigenvalue weighted by Crippen LogP contribution is 2.33. The third-order valence-corrected chi connectivity index (χ3v) is 5.26. The summed E-state index contributed by atoms with van der Waals surface area (Å²) >= 11 is 0. The summed E-state index contributed by atoms with van der Waals surface area (Å²) in [6, 6.07) is 20.2. The van der Waals surface area contributed by atoms with Gasteiger partial charge in [-0.25, -0.2) is 13.6 Å². The number of amides is 4. The van der Waals surface area contributed by atoms with Gasteiger partial charge in [0.25, 0.3) is 5.91 Å². The van der Waals surface area contributed by atoms with Crippen LogP contribution in [-0.4, -0.2) is 29.3 Å². The highest BCUT2D eigenvalue weighted by molar-refractivity contribution is 6.10. The van der Waals surface area contributed by atoms with E-state index in [9.17, 15) is 23.2 Å². The predicted octanol–water partition coefficient (Wildman–Crippen LogP) is 3.59. The van der Waals surface area contributed by atoms with E-state index in [1.54, 1.807) is 30.3 Å². The Hall–Kier alpha value is -4.07. The van der Waals surface area contributed by atoms with Crippen LogP contribution in [0.25, 0.3) is 0 Å². The Labute approximate surface area is 182 Å². The molecule has 0 unspecified atom stereocenters. The topological polar surface area (TPSA) is 78.5 Å². The first-order valence-electron chi connectivity index (χ1n) is 9.87. The van der Waals surface area contributed by atoms with Crippen LogP contribution in [0.1, 0.15) is 11.1 Å². The monoisotopic (exact) mass is 435 g/mol. The molecule has 4 rings (SSSR count). The Morgan fingerprint density at radius 2 is 1.56 bits per heavy atom. The van der Waals surface area contributed by atoms with E-state index in [0.29, 0.717) is 5.56 Å². The average Bonchev–Trinajstić information content (AvgIpc) is 3.02. The van der Waals surface area contributed by atoms with Crippen LogP contribution in [0.4, 0.5) is 19.3 Å². The number of nitrogens with one attached hydrogen (secondary N) is 2. The van der Waals surface area contributed by atoms with Crippen molar-refractivity contribution < 1.29 is 23.2 Å². The third kappa shape index (κ3) is 4.07. The van der Waals surface area contributed by atoms with Crippen molar-refractivity contribution in [2.24, 2.45) is 0 Å². The number of carbonyl (C=O) groups is 3. The Morgan fingerprint density at radius 1 is 0.906 bits per heavy atom. The van der Waals surface area contributed by atoms with Crippen LogP contribution >= 0.6 is 0 Å². The second-order valence-electron chi connectivity index (χ2n) is 7.43. The first-order chi connectivity index (χ1) is 15.4. The van der Waals surface area contributed by atoms with E-state index in [4.69, 9.17) is 0 Å². The van der Waals surface area contributed by atoms with Crippen LogP contribution in [0.3, 0.4) is 0 Å². The summed E-state index contributed by atoms with van der Waals surface area (Å²) in [6.45, 7) is -0.576. The summed E-state index contributed by atoms with van der Waals surface area (Å²) in [6.07, 6.45) is 0.198. The Balaban J connectivity index is 1.59. The van der Waals surface area contributed by atoms with Gasteiger partial charge >= 0.3 is 6.03 Å². The summed E-state index contributed by atoms with van der Waals surface area (Å²) in [5, 5.41) is 5.14. The highest BCUT2D eigenvalue weighted by atomic mass is 19.2. The Morgan fingerprint density at radius 3 is 2.22 bits per heavy atom. The molecule has 0 radical (unpaired) electrons. The SMILES string of the molecule is O=C(CN1C(=O)N[C@](Cc2ccccc2)(c2ccccc2)C1=O)Nc1ccc(F)c(F)c1. The zero-order valence-electron chi connectivity index (χ0n) is 16.8. The average molecular weight is 435 g/mol. The highest BCUT2D eigenvalue weighted by Gasteiger charge is 2.52. The minimum atomic E-state index is -1.37. The first-order valence-corrected chi connectivity index (χ1v) is 9.87. The normalized spacial score (nSPS) is 17.9. The molecule has 1 fully saturated rings. The molecule has 6 nitrogen and oxygen atoms in total. The lowest BCUT2D eigenvalue weighted by molar-refractivity contribution is -0.134. The van der Waals surface area contributed by atoms with Crippen molar-refractivity contribution in [3.8, 4) is 0 Å². The summed E-state index contributed by atoms with van der Waals surface area (Å²) in [5.74, 6) is -3.46. The number of rotatable bonds is 6. The van der Waals surface area contributed by atoms with Gasteiger partial charge < -0.3 is 10.6 Å². The molecule has 0 saturated carbocycles. The van der Waals surface area contributed by atoms with E-state index in [2.05, 4.69) is 10.6 Å². The Bertz CT molecular complexity index is 1170. The molecule has 0 spiro atoms. The molecule has 0 aromatic heterocycles. The molecule has 1 saturated heterocycles. The molecule has 1 heterocycles. The maximum atomic E-state index is 13.5. The lowest BCUT2D eigenvalue weighted by Crippen LogP contribution is -2.46. The van der Waals surface area contributed by atoms with Crippen LogP contribution < -0.4 is 10.6 Å². The van der Waals surface area contributed by atoms with Crippen LogP contribution in [0.2, 0.25) is 0 Å². The summed E-state index contributed by atoms with van der Waals surface area (Å²) in [4.78, 5) is 39.5. The zero-order valence-corrected chi connectivity index (χ0v) is 16.8. The van der Waals surface area contributed by atoms with Gasteiger partial charge in [0.2, 0.25) is 5.91 Å². The molecule has 162 valence electrons. The number of nitrogens with zero attached hydrogens (tertiary/aromatic N) is 1. The van der Waals surface area contributed by atoms with E-state index >= 15 is 0 Å². The molecule has 1 atom stereocenters. The van der Waals surface area contributed by atoms with Crippen molar-refractivity contribution in [1.29, 1.82) is 0 Å². The van der Waals surface area contributed by atoms with Crippen LogP contribution in [-0.2, 0) is 21.5 Å². The van der Waals surface area contributed by atoms with Gasteiger partial charge in [0.05, 0.1) is 0 Å². The van der Waals surface area contributed by atoms with Crippen molar-refractivity contribution in [3.63, 3.8) is 0 Å². The van der Waals surface area contributed by atoms with Crippen molar-refractivity contribution >= 4 is 23.5 Å². The van der Waals surface area contributed by atoms with Crippen LogP contribution in [0.15, 0.2) is 78.9 Å². The maximum Gasteiger partial charge on any atom is 0.325 e. The largest absolute Gasteiger partial charge is 0.325 e. The molecule has 0 aliphatic carbocycles. The standard InChI is InChI=1S/C24H19F2N3O3/c25-19-12-11-18(13-20(19)26)27-21(30)15-29-22(31)24(28-23(29)32,17-9-5-2-6-10-17)14-16-7-3-1-4-8-16/h1-13H,14-15H2,(H,27,30)(H,28,32)/t24-/m1/s1. The molecule has 8 heteroatoms. The number of halogens is 2. The van der Waals surface area contributed by atoms with E-state index < -0.39 is 41.6 Å². The number of imide groups is 1.